The molecule has 2 heteroatoms. The molecule has 53 heavy (non-hydrogen) atoms. The molecule has 1 heterocycles. The van der Waals surface area contributed by atoms with Crippen molar-refractivity contribution in [3.05, 3.63) is 193 Å². The fourth-order valence-corrected chi connectivity index (χ4v) is 8.31. The smallest absolute Gasteiger partial charge is 0.160 e. The Bertz CT molecular complexity index is 2850. The predicted molar refractivity (Wildman–Crippen MR) is 222 cm³/mol. The molecule has 0 radical (unpaired) electrons. The van der Waals surface area contributed by atoms with E-state index in [-0.39, 0.29) is 5.41 Å². The molecule has 1 aliphatic carbocycles. The largest absolute Gasteiger partial charge is 0.228 e. The molecule has 0 N–H and O–H groups in total. The highest BCUT2D eigenvalue weighted by atomic mass is 14.9. The molecule has 10 rings (SSSR count). The molecule has 0 fully saturated rings. The van der Waals surface area contributed by atoms with Crippen molar-refractivity contribution in [2.45, 2.75) is 19.3 Å². The molecular weight excluding hydrogens is 641 g/mol. The third-order valence-corrected chi connectivity index (χ3v) is 11.1. The minimum Gasteiger partial charge on any atom is -0.228 e. The van der Waals surface area contributed by atoms with Gasteiger partial charge in [0.1, 0.15) is 0 Å². The zero-order valence-corrected chi connectivity index (χ0v) is 29.7. The summed E-state index contributed by atoms with van der Waals surface area (Å²) in [6.07, 6.45) is 0. The minimum absolute atomic E-state index is 0.0597. The third kappa shape index (κ3) is 5.26. The van der Waals surface area contributed by atoms with E-state index < -0.39 is 0 Å². The van der Waals surface area contributed by atoms with Crippen LogP contribution >= 0.6 is 0 Å². The molecule has 0 saturated heterocycles. The minimum atomic E-state index is -0.0597. The number of fused-ring (bicyclic) bond motifs is 5. The first-order valence-corrected chi connectivity index (χ1v) is 18.3. The van der Waals surface area contributed by atoms with E-state index in [9.17, 15) is 0 Å². The lowest BCUT2D eigenvalue weighted by molar-refractivity contribution is 0.660. The normalized spacial score (nSPS) is 12.9. The van der Waals surface area contributed by atoms with Gasteiger partial charge in [0.15, 0.2) is 5.82 Å². The lowest BCUT2D eigenvalue weighted by atomic mass is 9.81. The second-order valence-corrected chi connectivity index (χ2v) is 14.6. The van der Waals surface area contributed by atoms with Crippen LogP contribution in [0.2, 0.25) is 0 Å². The van der Waals surface area contributed by atoms with Crippen LogP contribution in [0.15, 0.2) is 182 Å². The standard InChI is InChI=1S/C51H36N2/c1-51(2)46-20-12-11-19-43(46)44-26-25-38(31-47(44)51)40-27-28-45(42-18-10-9-17-41(40)42)49-32-48(52-50(53-49)34-15-7-4-8-16-34)39-24-23-36-29-35(21-22-37(36)30-39)33-13-5-3-6-14-33/h3-32H,1-2H3. The first kappa shape index (κ1) is 31.1. The Morgan fingerprint density at radius 2 is 0.887 bits per heavy atom. The SMILES string of the molecule is CC1(C)c2ccccc2-c2ccc(-c3ccc(-c4cc(-c5ccc6cc(-c7ccccc7)ccc6c5)nc(-c5ccccc5)n4)c4ccccc34)cc21. The molecule has 0 aliphatic heterocycles. The fraction of sp³-hybridized carbons (Fsp3) is 0.0588. The van der Waals surface area contributed by atoms with Crippen LogP contribution in [0.25, 0.3) is 88.8 Å². The highest BCUT2D eigenvalue weighted by molar-refractivity contribution is 6.05. The van der Waals surface area contributed by atoms with Crippen molar-refractivity contribution in [1.29, 1.82) is 0 Å². The van der Waals surface area contributed by atoms with Crippen LogP contribution in [0.5, 0.6) is 0 Å². The Morgan fingerprint density at radius 1 is 0.340 bits per heavy atom. The average Bonchev–Trinajstić information content (AvgIpc) is 3.45. The maximum atomic E-state index is 5.24. The summed E-state index contributed by atoms with van der Waals surface area (Å²) in [5.41, 5.74) is 15.2. The second-order valence-electron chi connectivity index (χ2n) is 14.6. The van der Waals surface area contributed by atoms with Gasteiger partial charge in [-0.25, -0.2) is 9.97 Å². The van der Waals surface area contributed by atoms with Crippen molar-refractivity contribution in [3.63, 3.8) is 0 Å². The van der Waals surface area contributed by atoms with Crippen molar-refractivity contribution in [2.75, 3.05) is 0 Å². The predicted octanol–water partition coefficient (Wildman–Crippen LogP) is 13.4. The summed E-state index contributed by atoms with van der Waals surface area (Å²) in [4.78, 5) is 10.4. The van der Waals surface area contributed by atoms with Crippen molar-refractivity contribution < 1.29 is 0 Å². The van der Waals surface area contributed by atoms with Crippen molar-refractivity contribution in [2.24, 2.45) is 0 Å². The number of aromatic nitrogens is 2. The zero-order chi connectivity index (χ0) is 35.5. The first-order chi connectivity index (χ1) is 26.0. The van der Waals surface area contributed by atoms with Crippen LogP contribution in [-0.2, 0) is 5.41 Å². The monoisotopic (exact) mass is 676 g/mol. The van der Waals surface area contributed by atoms with Crippen LogP contribution in [0.3, 0.4) is 0 Å². The zero-order valence-electron chi connectivity index (χ0n) is 29.7. The summed E-state index contributed by atoms with van der Waals surface area (Å²) in [6.45, 7) is 4.69. The molecule has 250 valence electrons. The average molecular weight is 677 g/mol. The summed E-state index contributed by atoms with van der Waals surface area (Å²) < 4.78 is 0. The molecule has 0 spiro atoms. The molecule has 0 unspecified atom stereocenters. The lowest BCUT2D eigenvalue weighted by Crippen LogP contribution is -2.14. The van der Waals surface area contributed by atoms with E-state index in [1.54, 1.807) is 0 Å². The van der Waals surface area contributed by atoms with E-state index in [2.05, 4.69) is 178 Å². The first-order valence-electron chi connectivity index (χ1n) is 18.3. The van der Waals surface area contributed by atoms with Gasteiger partial charge in [0.25, 0.3) is 0 Å². The summed E-state index contributed by atoms with van der Waals surface area (Å²) in [5.74, 6) is 0.714. The third-order valence-electron chi connectivity index (χ3n) is 11.1. The second kappa shape index (κ2) is 12.3. The van der Waals surface area contributed by atoms with Gasteiger partial charge in [0.05, 0.1) is 11.4 Å². The molecule has 0 bridgehead atoms. The topological polar surface area (TPSA) is 25.8 Å². The van der Waals surface area contributed by atoms with Crippen LogP contribution < -0.4 is 0 Å². The van der Waals surface area contributed by atoms with Crippen LogP contribution in [0.4, 0.5) is 0 Å². The summed E-state index contributed by atoms with van der Waals surface area (Å²) in [6, 6.07) is 65.5. The van der Waals surface area contributed by atoms with Gasteiger partial charge in [-0.1, -0.05) is 172 Å². The number of hydrogen-bond acceptors (Lipinski definition) is 2. The number of benzene rings is 8. The van der Waals surface area contributed by atoms with E-state index in [0.29, 0.717) is 5.82 Å². The van der Waals surface area contributed by atoms with Gasteiger partial charge >= 0.3 is 0 Å². The van der Waals surface area contributed by atoms with Crippen LogP contribution in [0.1, 0.15) is 25.0 Å². The van der Waals surface area contributed by atoms with E-state index in [1.165, 1.54) is 66.1 Å². The Balaban J connectivity index is 1.10. The molecule has 0 atom stereocenters. The Kier molecular flexibility index (Phi) is 7.19. The maximum absolute atomic E-state index is 5.24. The van der Waals surface area contributed by atoms with Crippen LogP contribution in [0, 0.1) is 0 Å². The molecule has 2 nitrogen and oxygen atoms in total. The lowest BCUT2D eigenvalue weighted by Gasteiger charge is -2.22. The van der Waals surface area contributed by atoms with E-state index >= 15 is 0 Å². The maximum Gasteiger partial charge on any atom is 0.160 e. The van der Waals surface area contributed by atoms with Gasteiger partial charge in [-0.3, -0.25) is 0 Å². The fourth-order valence-electron chi connectivity index (χ4n) is 8.31. The molecule has 8 aromatic carbocycles. The summed E-state index contributed by atoms with van der Waals surface area (Å²) >= 11 is 0. The summed E-state index contributed by atoms with van der Waals surface area (Å²) in [7, 11) is 0. The van der Waals surface area contributed by atoms with Gasteiger partial charge in [-0.05, 0) is 90.3 Å². The summed E-state index contributed by atoms with van der Waals surface area (Å²) in [5, 5.41) is 4.76. The number of nitrogens with zero attached hydrogens (tertiary/aromatic N) is 2. The molecular formula is C51H36N2. The Labute approximate surface area is 310 Å². The molecule has 1 aromatic heterocycles. The van der Waals surface area contributed by atoms with Gasteiger partial charge in [0.2, 0.25) is 0 Å². The van der Waals surface area contributed by atoms with Gasteiger partial charge in [-0.15, -0.1) is 0 Å². The van der Waals surface area contributed by atoms with Gasteiger partial charge in [0, 0.05) is 22.1 Å². The van der Waals surface area contributed by atoms with Crippen molar-refractivity contribution in [1.82, 2.24) is 9.97 Å². The highest BCUT2D eigenvalue weighted by Gasteiger charge is 2.35. The van der Waals surface area contributed by atoms with E-state index in [4.69, 9.17) is 9.97 Å². The number of rotatable bonds is 5. The number of hydrogen-bond donors (Lipinski definition) is 0. The van der Waals surface area contributed by atoms with Crippen molar-refractivity contribution in [3.8, 4) is 67.3 Å². The Hall–Kier alpha value is -6.64. The van der Waals surface area contributed by atoms with E-state index in [1.807, 2.05) is 18.2 Å². The Morgan fingerprint density at radius 3 is 1.66 bits per heavy atom. The van der Waals surface area contributed by atoms with Crippen molar-refractivity contribution >= 4 is 21.5 Å². The highest BCUT2D eigenvalue weighted by Crippen LogP contribution is 2.50. The van der Waals surface area contributed by atoms with Gasteiger partial charge in [-0.2, -0.15) is 0 Å². The van der Waals surface area contributed by atoms with E-state index in [0.717, 1.165) is 28.1 Å². The quantitative estimate of drug-likeness (QED) is 0.181. The van der Waals surface area contributed by atoms with Crippen LogP contribution in [-0.4, -0.2) is 9.97 Å². The molecule has 0 amide bonds. The molecule has 0 saturated carbocycles. The molecule has 1 aliphatic rings. The molecule has 9 aromatic rings. The van der Waals surface area contributed by atoms with Gasteiger partial charge < -0.3 is 0 Å².